The number of ketones is 1. The van der Waals surface area contributed by atoms with Crippen LogP contribution in [0.1, 0.15) is 47.2 Å². The monoisotopic (exact) mass is 499 g/mol. The van der Waals surface area contributed by atoms with Crippen molar-refractivity contribution in [1.29, 1.82) is 0 Å². The van der Waals surface area contributed by atoms with Crippen LogP contribution in [0.15, 0.2) is 78.4 Å². The van der Waals surface area contributed by atoms with Crippen LogP contribution >= 0.6 is 0 Å². The van der Waals surface area contributed by atoms with Crippen molar-refractivity contribution in [3.05, 3.63) is 106 Å². The molecule has 192 valence electrons. The Labute approximate surface area is 218 Å². The summed E-state index contributed by atoms with van der Waals surface area (Å²) in [5.41, 5.74) is 4.34. The number of aryl methyl sites for hydroxylation is 2. The Balaban J connectivity index is 1.69. The lowest BCUT2D eigenvalue weighted by molar-refractivity contribution is -0.140. The summed E-state index contributed by atoms with van der Waals surface area (Å²) in [4.78, 5) is 27.9. The number of amides is 1. The molecule has 1 amide bonds. The quantitative estimate of drug-likeness (QED) is 0.170. The second kappa shape index (κ2) is 11.9. The molecule has 1 atom stereocenters. The minimum absolute atomic E-state index is 0.104. The smallest absolute Gasteiger partial charge is 0.295 e. The summed E-state index contributed by atoms with van der Waals surface area (Å²) in [5.74, 6) is -0.806. The number of aliphatic hydroxyl groups excluding tert-OH is 1. The zero-order chi connectivity index (χ0) is 26.4. The van der Waals surface area contributed by atoms with Gasteiger partial charge in [-0.05, 0) is 60.2 Å². The van der Waals surface area contributed by atoms with Crippen molar-refractivity contribution in [3.63, 3.8) is 0 Å². The average molecular weight is 500 g/mol. The normalized spacial score (nSPS) is 16.8. The van der Waals surface area contributed by atoms with Crippen molar-refractivity contribution in [3.8, 4) is 5.75 Å². The molecule has 1 heterocycles. The minimum Gasteiger partial charge on any atom is -0.507 e. The van der Waals surface area contributed by atoms with Gasteiger partial charge in [0, 0.05) is 25.8 Å². The van der Waals surface area contributed by atoms with E-state index in [0.29, 0.717) is 37.5 Å². The van der Waals surface area contributed by atoms with Gasteiger partial charge in [0.2, 0.25) is 0 Å². The van der Waals surface area contributed by atoms with Crippen molar-refractivity contribution in [1.82, 2.24) is 4.90 Å². The zero-order valence-electron chi connectivity index (χ0n) is 21.6. The van der Waals surface area contributed by atoms with Gasteiger partial charge in [-0.15, -0.1) is 0 Å². The highest BCUT2D eigenvalue weighted by Crippen LogP contribution is 2.40. The largest absolute Gasteiger partial charge is 0.507 e. The first kappa shape index (κ1) is 26.2. The third-order valence-electron chi connectivity index (χ3n) is 6.69. The molecule has 0 aliphatic carbocycles. The summed E-state index contributed by atoms with van der Waals surface area (Å²) in [7, 11) is 1.60. The summed E-state index contributed by atoms with van der Waals surface area (Å²) in [6.07, 6.45) is 1.46. The van der Waals surface area contributed by atoms with Crippen molar-refractivity contribution in [2.45, 2.75) is 39.3 Å². The van der Waals surface area contributed by atoms with Crippen LogP contribution in [0.25, 0.3) is 5.76 Å². The van der Waals surface area contributed by atoms with Gasteiger partial charge >= 0.3 is 0 Å². The number of Topliss-reactive ketones (excluding diaryl/α,β-unsaturated/α-hetero) is 1. The molecule has 6 heteroatoms. The van der Waals surface area contributed by atoms with Crippen molar-refractivity contribution < 1.29 is 24.2 Å². The lowest BCUT2D eigenvalue weighted by atomic mass is 9.93. The molecule has 1 N–H and O–H groups in total. The molecule has 3 aromatic rings. The number of hydrogen-bond donors (Lipinski definition) is 1. The van der Waals surface area contributed by atoms with Crippen LogP contribution in [0.3, 0.4) is 0 Å². The fourth-order valence-corrected chi connectivity index (χ4v) is 4.65. The Morgan fingerprint density at radius 2 is 1.70 bits per heavy atom. The van der Waals surface area contributed by atoms with Gasteiger partial charge in [-0.3, -0.25) is 9.59 Å². The first-order valence-corrected chi connectivity index (χ1v) is 12.6. The zero-order valence-corrected chi connectivity index (χ0v) is 21.6. The third-order valence-corrected chi connectivity index (χ3v) is 6.69. The van der Waals surface area contributed by atoms with E-state index in [-0.39, 0.29) is 11.3 Å². The van der Waals surface area contributed by atoms with Gasteiger partial charge in [0.25, 0.3) is 11.7 Å². The van der Waals surface area contributed by atoms with Crippen LogP contribution in [0.2, 0.25) is 0 Å². The number of rotatable bonds is 10. The molecular weight excluding hydrogens is 466 g/mol. The molecule has 0 saturated carbocycles. The molecule has 0 bridgehead atoms. The van der Waals surface area contributed by atoms with E-state index in [2.05, 4.69) is 6.92 Å². The summed E-state index contributed by atoms with van der Waals surface area (Å²) in [5, 5.41) is 11.4. The number of likely N-dealkylation sites (tertiary alicyclic amines) is 1. The molecule has 1 aliphatic rings. The van der Waals surface area contributed by atoms with Crippen molar-refractivity contribution in [2.75, 3.05) is 20.3 Å². The molecule has 1 aliphatic heterocycles. The van der Waals surface area contributed by atoms with E-state index in [1.807, 2.05) is 67.6 Å². The van der Waals surface area contributed by atoms with Crippen molar-refractivity contribution in [2.24, 2.45) is 0 Å². The molecule has 0 radical (unpaired) electrons. The Bertz CT molecular complexity index is 1280. The molecule has 0 unspecified atom stereocenters. The number of carbonyl (C=O) groups is 2. The number of aliphatic hydroxyl groups is 1. The van der Waals surface area contributed by atoms with Gasteiger partial charge in [0.15, 0.2) is 0 Å². The summed E-state index contributed by atoms with van der Waals surface area (Å²) in [6, 6.07) is 22.4. The Kier molecular flexibility index (Phi) is 8.41. The molecule has 0 spiro atoms. The molecule has 1 fully saturated rings. The second-order valence-electron chi connectivity index (χ2n) is 9.18. The molecule has 1 saturated heterocycles. The number of hydrogen-bond acceptors (Lipinski definition) is 5. The number of methoxy groups -OCH3 is 1. The summed E-state index contributed by atoms with van der Waals surface area (Å²) in [6.45, 7) is 5.16. The van der Waals surface area contributed by atoms with E-state index in [4.69, 9.17) is 9.47 Å². The average Bonchev–Trinajstić information content (AvgIpc) is 3.17. The molecule has 6 nitrogen and oxygen atoms in total. The van der Waals surface area contributed by atoms with Gasteiger partial charge in [-0.25, -0.2) is 0 Å². The van der Waals surface area contributed by atoms with E-state index in [0.717, 1.165) is 28.7 Å². The maximum absolute atomic E-state index is 13.2. The first-order valence-electron chi connectivity index (χ1n) is 12.6. The minimum atomic E-state index is -0.678. The van der Waals surface area contributed by atoms with Crippen LogP contribution in [-0.2, 0) is 27.4 Å². The van der Waals surface area contributed by atoms with Crippen LogP contribution < -0.4 is 4.74 Å². The maximum Gasteiger partial charge on any atom is 0.295 e. The fourth-order valence-electron chi connectivity index (χ4n) is 4.65. The van der Waals surface area contributed by atoms with Crippen molar-refractivity contribution >= 4 is 17.4 Å². The molecule has 37 heavy (non-hydrogen) atoms. The molecule has 3 aromatic carbocycles. The number of benzene rings is 3. The van der Waals surface area contributed by atoms with Gasteiger partial charge in [-0.1, -0.05) is 61.5 Å². The Hall–Kier alpha value is -3.90. The lowest BCUT2D eigenvalue weighted by Crippen LogP contribution is -2.31. The lowest BCUT2D eigenvalue weighted by Gasteiger charge is -2.25. The van der Waals surface area contributed by atoms with Crippen LogP contribution in [0.4, 0.5) is 0 Å². The van der Waals surface area contributed by atoms with E-state index >= 15 is 0 Å². The topological polar surface area (TPSA) is 76.1 Å². The number of ether oxygens (including phenoxy) is 2. The molecule has 0 aromatic heterocycles. The first-order chi connectivity index (χ1) is 17.9. The fraction of sp³-hybridized carbons (Fsp3) is 0.290. The van der Waals surface area contributed by atoms with E-state index < -0.39 is 17.7 Å². The predicted octanol–water partition coefficient (Wildman–Crippen LogP) is 5.59. The Morgan fingerprint density at radius 3 is 2.35 bits per heavy atom. The predicted molar refractivity (Wildman–Crippen MR) is 143 cm³/mol. The van der Waals surface area contributed by atoms with Crippen LogP contribution in [0.5, 0.6) is 5.75 Å². The second-order valence-corrected chi connectivity index (χ2v) is 9.18. The standard InChI is InChI=1S/C31H33NO5/c1-4-22-11-13-24(14-12-22)28-27(30(34)31(35)32(28)17-8-18-36-3)29(33)26-16-15-25(19-21(26)2)37-20-23-9-6-5-7-10-23/h5-7,9-16,19,28,33H,4,8,17-18,20H2,1-3H3/t28-/m0/s1. The highest BCUT2D eigenvalue weighted by molar-refractivity contribution is 6.46. The van der Waals surface area contributed by atoms with Gasteiger partial charge in [-0.2, -0.15) is 0 Å². The third kappa shape index (κ3) is 5.75. The summed E-state index contributed by atoms with van der Waals surface area (Å²) < 4.78 is 11.1. The molecular formula is C31H33NO5. The van der Waals surface area contributed by atoms with Gasteiger partial charge in [0.1, 0.15) is 18.1 Å². The van der Waals surface area contributed by atoms with E-state index in [9.17, 15) is 14.7 Å². The molecule has 4 rings (SSSR count). The Morgan fingerprint density at radius 1 is 0.973 bits per heavy atom. The van der Waals surface area contributed by atoms with Gasteiger partial charge in [0.05, 0.1) is 11.6 Å². The number of carbonyl (C=O) groups excluding carboxylic acids is 2. The van der Waals surface area contributed by atoms with Gasteiger partial charge < -0.3 is 19.5 Å². The maximum atomic E-state index is 13.2. The highest BCUT2D eigenvalue weighted by Gasteiger charge is 2.45. The highest BCUT2D eigenvalue weighted by atomic mass is 16.5. The van der Waals surface area contributed by atoms with E-state index in [1.54, 1.807) is 24.1 Å². The van der Waals surface area contributed by atoms with Crippen LogP contribution in [-0.4, -0.2) is 42.0 Å². The number of nitrogens with zero attached hydrogens (tertiary/aromatic N) is 1. The SMILES string of the molecule is CCc1ccc([C@H]2C(=C(O)c3ccc(OCc4ccccc4)cc3C)C(=O)C(=O)N2CCCOC)cc1. The summed E-state index contributed by atoms with van der Waals surface area (Å²) >= 11 is 0. The van der Waals surface area contributed by atoms with Crippen LogP contribution in [0, 0.1) is 6.92 Å². The van der Waals surface area contributed by atoms with E-state index in [1.165, 1.54) is 0 Å².